The van der Waals surface area contributed by atoms with E-state index in [2.05, 4.69) is 59.9 Å². The van der Waals surface area contributed by atoms with Crippen molar-refractivity contribution in [2.75, 3.05) is 18.5 Å². The van der Waals surface area contributed by atoms with E-state index < -0.39 is 0 Å². The molecule has 106 valence electrons. The van der Waals surface area contributed by atoms with Crippen molar-refractivity contribution < 1.29 is 0 Å². The Labute approximate surface area is 125 Å². The molecular formula is C16H25BrN2. The first-order valence-electron chi connectivity index (χ1n) is 7.26. The normalized spacial score (nSPS) is 23.2. The summed E-state index contributed by atoms with van der Waals surface area (Å²) in [6.07, 6.45) is 3.37. The van der Waals surface area contributed by atoms with Gasteiger partial charge < -0.3 is 10.6 Å². The quantitative estimate of drug-likeness (QED) is 0.861. The summed E-state index contributed by atoms with van der Waals surface area (Å²) in [5, 5.41) is 0. The van der Waals surface area contributed by atoms with Crippen LogP contribution >= 0.6 is 15.9 Å². The highest BCUT2D eigenvalue weighted by Crippen LogP contribution is 2.39. The van der Waals surface area contributed by atoms with Crippen molar-refractivity contribution in [2.24, 2.45) is 17.6 Å². The lowest BCUT2D eigenvalue weighted by molar-refractivity contribution is 0.643. The van der Waals surface area contributed by atoms with Gasteiger partial charge in [0, 0.05) is 29.8 Å². The molecule has 0 heterocycles. The van der Waals surface area contributed by atoms with E-state index in [-0.39, 0.29) is 6.04 Å². The molecule has 19 heavy (non-hydrogen) atoms. The van der Waals surface area contributed by atoms with Crippen molar-refractivity contribution in [1.29, 1.82) is 0 Å². The van der Waals surface area contributed by atoms with Crippen LogP contribution in [0, 0.1) is 11.8 Å². The number of anilines is 1. The predicted octanol–water partition coefficient (Wildman–Crippen LogP) is 3.82. The van der Waals surface area contributed by atoms with Crippen LogP contribution in [0.3, 0.4) is 0 Å². The van der Waals surface area contributed by atoms with Crippen LogP contribution in [-0.2, 0) is 6.42 Å². The zero-order valence-electron chi connectivity index (χ0n) is 12.2. The van der Waals surface area contributed by atoms with Crippen LogP contribution in [0.1, 0.15) is 32.3 Å². The van der Waals surface area contributed by atoms with Gasteiger partial charge in [-0.25, -0.2) is 0 Å². The molecule has 0 bridgehead atoms. The summed E-state index contributed by atoms with van der Waals surface area (Å²) in [5.74, 6) is 1.77. The highest BCUT2D eigenvalue weighted by molar-refractivity contribution is 9.10. The molecule has 3 atom stereocenters. The molecule has 1 aliphatic carbocycles. The molecule has 2 N–H and O–H groups in total. The van der Waals surface area contributed by atoms with Gasteiger partial charge in [-0.2, -0.15) is 0 Å². The molecule has 1 aromatic rings. The first kappa shape index (κ1) is 14.9. The van der Waals surface area contributed by atoms with Crippen molar-refractivity contribution in [3.8, 4) is 0 Å². The zero-order chi connectivity index (χ0) is 14.0. The fraction of sp³-hybridized carbons (Fsp3) is 0.625. The highest BCUT2D eigenvalue weighted by Gasteiger charge is 2.33. The Morgan fingerprint density at radius 1 is 1.47 bits per heavy atom. The van der Waals surface area contributed by atoms with Gasteiger partial charge in [0.1, 0.15) is 0 Å². The second-order valence-electron chi connectivity index (χ2n) is 6.00. The maximum Gasteiger partial charge on any atom is 0.0408 e. The number of rotatable bonds is 6. The fourth-order valence-corrected chi connectivity index (χ4v) is 2.94. The number of nitrogens with zero attached hydrogens (tertiary/aromatic N) is 1. The van der Waals surface area contributed by atoms with Crippen LogP contribution < -0.4 is 10.6 Å². The minimum Gasteiger partial charge on any atom is -0.374 e. The largest absolute Gasteiger partial charge is 0.374 e. The first-order valence-corrected chi connectivity index (χ1v) is 8.05. The topological polar surface area (TPSA) is 29.3 Å². The van der Waals surface area contributed by atoms with Crippen LogP contribution in [0.2, 0.25) is 0 Å². The Morgan fingerprint density at radius 2 is 2.16 bits per heavy atom. The Hall–Kier alpha value is -0.540. The predicted molar refractivity (Wildman–Crippen MR) is 86.7 cm³/mol. The highest BCUT2D eigenvalue weighted by atomic mass is 79.9. The molecule has 0 aromatic heterocycles. The van der Waals surface area contributed by atoms with Gasteiger partial charge in [0.15, 0.2) is 0 Å². The van der Waals surface area contributed by atoms with Crippen LogP contribution in [0.15, 0.2) is 22.7 Å². The third kappa shape index (κ3) is 3.96. The molecule has 0 spiro atoms. The van der Waals surface area contributed by atoms with E-state index in [9.17, 15) is 0 Å². The van der Waals surface area contributed by atoms with Gasteiger partial charge in [-0.05, 0) is 48.8 Å². The molecule has 0 saturated heterocycles. The first-order chi connectivity index (χ1) is 9.01. The van der Waals surface area contributed by atoms with E-state index >= 15 is 0 Å². The zero-order valence-corrected chi connectivity index (χ0v) is 13.8. The lowest BCUT2D eigenvalue weighted by atomic mass is 10.0. The van der Waals surface area contributed by atoms with E-state index in [1.54, 1.807) is 0 Å². The number of benzene rings is 1. The Morgan fingerprint density at radius 3 is 2.74 bits per heavy atom. The molecule has 1 aliphatic rings. The minimum atomic E-state index is 0.258. The summed E-state index contributed by atoms with van der Waals surface area (Å²) >= 11 is 3.58. The van der Waals surface area contributed by atoms with Crippen LogP contribution in [0.5, 0.6) is 0 Å². The van der Waals surface area contributed by atoms with Crippen LogP contribution in [0.25, 0.3) is 0 Å². The molecular weight excluding hydrogens is 300 g/mol. The molecule has 0 radical (unpaired) electrons. The summed E-state index contributed by atoms with van der Waals surface area (Å²) < 4.78 is 1.15. The van der Waals surface area contributed by atoms with Crippen LogP contribution in [0.4, 0.5) is 5.69 Å². The lowest BCUT2D eigenvalue weighted by Crippen LogP contribution is -2.25. The maximum atomic E-state index is 6.12. The molecule has 1 saturated carbocycles. The van der Waals surface area contributed by atoms with Gasteiger partial charge in [-0.15, -0.1) is 0 Å². The second kappa shape index (κ2) is 6.27. The van der Waals surface area contributed by atoms with Gasteiger partial charge in [0.25, 0.3) is 0 Å². The van der Waals surface area contributed by atoms with Gasteiger partial charge in [-0.1, -0.05) is 35.8 Å². The molecule has 0 amide bonds. The van der Waals surface area contributed by atoms with E-state index in [4.69, 9.17) is 5.73 Å². The summed E-state index contributed by atoms with van der Waals surface area (Å²) in [6.45, 7) is 5.65. The molecule has 1 fully saturated rings. The van der Waals surface area contributed by atoms with Crippen LogP contribution in [-0.4, -0.2) is 19.6 Å². The summed E-state index contributed by atoms with van der Waals surface area (Å²) in [5.41, 5.74) is 8.82. The van der Waals surface area contributed by atoms with Gasteiger partial charge in [-0.3, -0.25) is 0 Å². The van der Waals surface area contributed by atoms with Gasteiger partial charge in [0.05, 0.1) is 0 Å². The minimum absolute atomic E-state index is 0.258. The molecule has 1 aromatic carbocycles. The average Bonchev–Trinajstić information content (AvgIpc) is 3.06. The summed E-state index contributed by atoms with van der Waals surface area (Å²) in [4.78, 5) is 2.40. The van der Waals surface area contributed by atoms with Crippen molar-refractivity contribution in [3.05, 3.63) is 28.2 Å². The monoisotopic (exact) mass is 324 g/mol. The molecule has 3 unspecified atom stereocenters. The average molecular weight is 325 g/mol. The Bertz CT molecular complexity index is 433. The van der Waals surface area contributed by atoms with E-state index in [1.165, 1.54) is 17.7 Å². The van der Waals surface area contributed by atoms with Crippen molar-refractivity contribution in [3.63, 3.8) is 0 Å². The third-order valence-electron chi connectivity index (χ3n) is 4.25. The molecule has 3 heteroatoms. The molecule has 2 nitrogen and oxygen atoms in total. The third-order valence-corrected chi connectivity index (χ3v) is 4.74. The van der Waals surface area contributed by atoms with E-state index in [0.717, 1.165) is 35.7 Å². The number of hydrogen-bond acceptors (Lipinski definition) is 2. The smallest absolute Gasteiger partial charge is 0.0408 e. The summed E-state index contributed by atoms with van der Waals surface area (Å²) in [7, 11) is 2.20. The standard InChI is InChI=1S/C16H25BrN2/c1-4-15(18)8-12-5-6-14(17)9-16(12)19(3)10-13-7-11(13)2/h5-6,9,11,13,15H,4,7-8,10,18H2,1-3H3. The Balaban J connectivity index is 2.13. The lowest BCUT2D eigenvalue weighted by Gasteiger charge is -2.24. The molecule has 0 aliphatic heterocycles. The summed E-state index contributed by atoms with van der Waals surface area (Å²) in [6, 6.07) is 6.81. The number of hydrogen-bond donors (Lipinski definition) is 1. The Kier molecular flexibility index (Phi) is 4.91. The van der Waals surface area contributed by atoms with Gasteiger partial charge in [0.2, 0.25) is 0 Å². The van der Waals surface area contributed by atoms with E-state index in [1.807, 2.05) is 0 Å². The maximum absolute atomic E-state index is 6.12. The number of halogens is 1. The van der Waals surface area contributed by atoms with Crippen molar-refractivity contribution >= 4 is 21.6 Å². The molecule has 2 rings (SSSR count). The number of nitrogens with two attached hydrogens (primary N) is 1. The van der Waals surface area contributed by atoms with Gasteiger partial charge >= 0.3 is 0 Å². The SMILES string of the molecule is CCC(N)Cc1ccc(Br)cc1N(C)CC1CC1C. The fourth-order valence-electron chi connectivity index (χ4n) is 2.60. The van der Waals surface area contributed by atoms with Crippen molar-refractivity contribution in [1.82, 2.24) is 0 Å². The van der Waals surface area contributed by atoms with Crippen molar-refractivity contribution in [2.45, 2.75) is 39.2 Å². The van der Waals surface area contributed by atoms with E-state index in [0.29, 0.717) is 0 Å². The second-order valence-corrected chi connectivity index (χ2v) is 6.91.